The van der Waals surface area contributed by atoms with Crippen molar-refractivity contribution in [2.45, 2.75) is 32.2 Å². The Morgan fingerprint density at radius 1 is 1.19 bits per heavy atom. The Labute approximate surface area is 166 Å². The highest BCUT2D eigenvalue weighted by Gasteiger charge is 2.23. The Bertz CT molecular complexity index is 912. The summed E-state index contributed by atoms with van der Waals surface area (Å²) in [5.41, 5.74) is 12.6. The summed E-state index contributed by atoms with van der Waals surface area (Å²) in [6.07, 6.45) is 3.01. The average Bonchev–Trinajstić information content (AvgIpc) is 2.68. The molecule has 2 N–H and O–H groups in total. The molecule has 1 fully saturated rings. The summed E-state index contributed by atoms with van der Waals surface area (Å²) >= 11 is 6.71. The van der Waals surface area contributed by atoms with Crippen LogP contribution in [0.4, 0.5) is 0 Å². The Hall–Kier alpha value is -2.04. The van der Waals surface area contributed by atoms with Gasteiger partial charge in [0, 0.05) is 49.0 Å². The van der Waals surface area contributed by atoms with E-state index in [9.17, 15) is 0 Å². The minimum atomic E-state index is -0.0160. The van der Waals surface area contributed by atoms with Crippen molar-refractivity contribution in [3.63, 3.8) is 0 Å². The smallest absolute Gasteiger partial charge is 0.0727 e. The molecule has 2 aliphatic rings. The van der Waals surface area contributed by atoms with Gasteiger partial charge < -0.3 is 15.5 Å². The molecule has 1 saturated heterocycles. The van der Waals surface area contributed by atoms with Gasteiger partial charge in [-0.2, -0.15) is 0 Å². The number of hydrogen-bond donors (Lipinski definition) is 1. The molecule has 1 aromatic carbocycles. The number of hydrogen-bond acceptors (Lipinski definition) is 4. The third-order valence-corrected chi connectivity index (χ3v) is 6.31. The molecule has 1 atom stereocenters. The normalized spacial score (nSPS) is 19.9. The zero-order valence-corrected chi connectivity index (χ0v) is 16.7. The van der Waals surface area contributed by atoms with Crippen LogP contribution in [-0.4, -0.2) is 41.0 Å². The third kappa shape index (κ3) is 3.32. The van der Waals surface area contributed by atoms with Crippen molar-refractivity contribution in [3.05, 3.63) is 58.9 Å². The number of pyridine rings is 1. The third-order valence-electron chi connectivity index (χ3n) is 5.88. The average molecular weight is 383 g/mol. The van der Waals surface area contributed by atoms with Gasteiger partial charge in [0.1, 0.15) is 0 Å². The number of allylic oxidation sites excluding steroid dienone is 1. The van der Waals surface area contributed by atoms with Gasteiger partial charge in [-0.1, -0.05) is 36.9 Å². The SMILES string of the molecule is C=C(C)N1CCN(C(=C)c2ccc3c(Cl)c4c(nc3c2)C(N)CCC4)CC1. The highest BCUT2D eigenvalue weighted by atomic mass is 35.5. The van der Waals surface area contributed by atoms with Crippen molar-refractivity contribution in [1.82, 2.24) is 14.8 Å². The largest absolute Gasteiger partial charge is 0.372 e. The van der Waals surface area contributed by atoms with Gasteiger partial charge in [-0.25, -0.2) is 0 Å². The van der Waals surface area contributed by atoms with E-state index in [2.05, 4.69) is 48.1 Å². The van der Waals surface area contributed by atoms with E-state index in [0.717, 1.165) is 89.6 Å². The highest BCUT2D eigenvalue weighted by molar-refractivity contribution is 6.36. The Kier molecular flexibility index (Phi) is 4.87. The van der Waals surface area contributed by atoms with Gasteiger partial charge in [-0.3, -0.25) is 4.98 Å². The van der Waals surface area contributed by atoms with Crippen LogP contribution in [0.5, 0.6) is 0 Å². The molecule has 0 radical (unpaired) electrons. The predicted molar refractivity (Wildman–Crippen MR) is 114 cm³/mol. The fourth-order valence-electron chi connectivity index (χ4n) is 4.18. The van der Waals surface area contributed by atoms with E-state index >= 15 is 0 Å². The monoisotopic (exact) mass is 382 g/mol. The van der Waals surface area contributed by atoms with Crippen molar-refractivity contribution in [2.75, 3.05) is 26.2 Å². The Morgan fingerprint density at radius 3 is 2.59 bits per heavy atom. The molecule has 2 heterocycles. The van der Waals surface area contributed by atoms with Crippen molar-refractivity contribution >= 4 is 28.2 Å². The lowest BCUT2D eigenvalue weighted by Gasteiger charge is -2.38. The minimum absolute atomic E-state index is 0.0160. The molecule has 1 aliphatic heterocycles. The highest BCUT2D eigenvalue weighted by Crippen LogP contribution is 2.37. The van der Waals surface area contributed by atoms with Crippen LogP contribution < -0.4 is 5.73 Å². The van der Waals surface area contributed by atoms with Crippen molar-refractivity contribution in [3.8, 4) is 0 Å². The van der Waals surface area contributed by atoms with Crippen LogP contribution in [0, 0.1) is 0 Å². The number of halogens is 1. The lowest BCUT2D eigenvalue weighted by atomic mass is 9.91. The first-order valence-corrected chi connectivity index (χ1v) is 10.1. The number of nitrogens with two attached hydrogens (primary N) is 1. The molecular weight excluding hydrogens is 356 g/mol. The van der Waals surface area contributed by atoms with Crippen LogP contribution in [0.2, 0.25) is 5.02 Å². The van der Waals surface area contributed by atoms with E-state index in [-0.39, 0.29) is 6.04 Å². The fraction of sp³-hybridized carbons (Fsp3) is 0.409. The van der Waals surface area contributed by atoms with Crippen LogP contribution >= 0.6 is 11.6 Å². The molecule has 4 nitrogen and oxygen atoms in total. The first-order chi connectivity index (χ1) is 13.0. The molecule has 2 aromatic rings. The summed E-state index contributed by atoms with van der Waals surface area (Å²) in [6, 6.07) is 6.28. The number of rotatable bonds is 3. The Morgan fingerprint density at radius 2 is 1.89 bits per heavy atom. The molecule has 142 valence electrons. The minimum Gasteiger partial charge on any atom is -0.372 e. The standard InChI is InChI=1S/C22H27ClN4/c1-14(2)26-9-11-27(12-10-26)15(3)16-7-8-17-20(13-16)25-22-18(21(17)23)5-4-6-19(22)24/h7-8,13,19H,1,3-6,9-12,24H2,2H3. The van der Waals surface area contributed by atoms with Crippen molar-refractivity contribution in [1.29, 1.82) is 0 Å². The number of aromatic nitrogens is 1. The van der Waals surface area contributed by atoms with Crippen LogP contribution in [0.3, 0.4) is 0 Å². The molecule has 0 spiro atoms. The van der Waals surface area contributed by atoms with E-state index in [0.29, 0.717) is 0 Å². The lowest BCUT2D eigenvalue weighted by molar-refractivity contribution is 0.215. The molecule has 1 unspecified atom stereocenters. The maximum atomic E-state index is 6.71. The van der Waals surface area contributed by atoms with E-state index in [1.54, 1.807) is 0 Å². The number of nitrogens with zero attached hydrogens (tertiary/aromatic N) is 3. The Balaban J connectivity index is 1.64. The molecule has 0 amide bonds. The topological polar surface area (TPSA) is 45.4 Å². The maximum absolute atomic E-state index is 6.71. The summed E-state index contributed by atoms with van der Waals surface area (Å²) < 4.78 is 0. The van der Waals surface area contributed by atoms with Gasteiger partial charge in [0.25, 0.3) is 0 Å². The first kappa shape index (κ1) is 18.3. The van der Waals surface area contributed by atoms with Gasteiger partial charge in [-0.15, -0.1) is 0 Å². The zero-order chi connectivity index (χ0) is 19.1. The van der Waals surface area contributed by atoms with Crippen LogP contribution in [0.25, 0.3) is 16.6 Å². The van der Waals surface area contributed by atoms with Crippen LogP contribution in [-0.2, 0) is 6.42 Å². The molecule has 4 rings (SSSR count). The summed E-state index contributed by atoms with van der Waals surface area (Å²) in [5.74, 6) is 0. The second-order valence-corrected chi connectivity index (χ2v) is 8.05. The number of fused-ring (bicyclic) bond motifs is 2. The molecule has 5 heteroatoms. The van der Waals surface area contributed by atoms with E-state index < -0.39 is 0 Å². The second kappa shape index (κ2) is 7.17. The zero-order valence-electron chi connectivity index (χ0n) is 16.0. The van der Waals surface area contributed by atoms with Gasteiger partial charge in [0.05, 0.1) is 16.2 Å². The first-order valence-electron chi connectivity index (χ1n) is 9.68. The number of benzene rings is 1. The summed E-state index contributed by atoms with van der Waals surface area (Å²) in [7, 11) is 0. The van der Waals surface area contributed by atoms with Gasteiger partial charge in [0.2, 0.25) is 0 Å². The van der Waals surface area contributed by atoms with Crippen LogP contribution in [0.1, 0.15) is 42.6 Å². The molecule has 1 aromatic heterocycles. The summed E-state index contributed by atoms with van der Waals surface area (Å²) in [6.45, 7) is 14.3. The fourth-order valence-corrected chi connectivity index (χ4v) is 4.53. The molecule has 1 aliphatic carbocycles. The predicted octanol–water partition coefficient (Wildman–Crippen LogP) is 4.35. The summed E-state index contributed by atoms with van der Waals surface area (Å²) in [5, 5.41) is 1.82. The molecule has 0 saturated carbocycles. The van der Waals surface area contributed by atoms with E-state index in [1.807, 2.05) is 0 Å². The van der Waals surface area contributed by atoms with Crippen molar-refractivity contribution in [2.24, 2.45) is 5.73 Å². The van der Waals surface area contributed by atoms with Gasteiger partial charge in [-0.05, 0) is 43.4 Å². The molecule has 27 heavy (non-hydrogen) atoms. The molecular formula is C22H27ClN4. The number of piperazine rings is 1. The quantitative estimate of drug-likeness (QED) is 0.857. The van der Waals surface area contributed by atoms with Crippen LogP contribution in [0.15, 0.2) is 37.1 Å². The van der Waals surface area contributed by atoms with Gasteiger partial charge >= 0.3 is 0 Å². The summed E-state index contributed by atoms with van der Waals surface area (Å²) in [4.78, 5) is 9.55. The van der Waals surface area contributed by atoms with E-state index in [4.69, 9.17) is 22.3 Å². The van der Waals surface area contributed by atoms with Crippen molar-refractivity contribution < 1.29 is 0 Å². The van der Waals surface area contributed by atoms with Gasteiger partial charge in [0.15, 0.2) is 0 Å². The second-order valence-electron chi connectivity index (χ2n) is 7.68. The maximum Gasteiger partial charge on any atom is 0.0727 e. The van der Waals surface area contributed by atoms with E-state index in [1.165, 1.54) is 0 Å². The lowest BCUT2D eigenvalue weighted by Crippen LogP contribution is -2.44. The molecule has 0 bridgehead atoms.